The van der Waals surface area contributed by atoms with Gasteiger partial charge in [0.25, 0.3) is 0 Å². The van der Waals surface area contributed by atoms with E-state index in [0.717, 1.165) is 16.5 Å². The minimum Gasteiger partial charge on any atom is -0.378 e. The van der Waals surface area contributed by atoms with Gasteiger partial charge in [0.05, 0.1) is 0 Å². The summed E-state index contributed by atoms with van der Waals surface area (Å²) < 4.78 is 2.01. The average Bonchev–Trinajstić information content (AvgIpc) is 2.70. The molecule has 5 heteroatoms. The maximum Gasteiger partial charge on any atom is 0.190 e. The minimum atomic E-state index is 0.902. The second-order valence-electron chi connectivity index (χ2n) is 4.01. The van der Waals surface area contributed by atoms with E-state index in [1.807, 2.05) is 32.0 Å². The van der Waals surface area contributed by atoms with Crippen LogP contribution in [0.15, 0.2) is 29.4 Å². The van der Waals surface area contributed by atoms with Gasteiger partial charge in [-0.25, -0.2) is 0 Å². The summed E-state index contributed by atoms with van der Waals surface area (Å²) in [6, 6.07) is 8.32. The molecule has 2 aromatic rings. The van der Waals surface area contributed by atoms with Crippen molar-refractivity contribution in [2.24, 2.45) is 7.05 Å². The Morgan fingerprint density at radius 3 is 2.24 bits per heavy atom. The van der Waals surface area contributed by atoms with Crippen LogP contribution in [0.2, 0.25) is 0 Å². The first-order chi connectivity index (χ1) is 8.13. The first-order valence-corrected chi connectivity index (χ1v) is 6.57. The highest BCUT2D eigenvalue weighted by Gasteiger charge is 2.09. The number of hydrogen-bond acceptors (Lipinski definition) is 4. The molecule has 0 atom stereocenters. The van der Waals surface area contributed by atoms with Gasteiger partial charge in [-0.05, 0) is 30.5 Å². The molecule has 0 aliphatic carbocycles. The summed E-state index contributed by atoms with van der Waals surface area (Å²) in [6.45, 7) is 0. The predicted octanol–water partition coefficient (Wildman–Crippen LogP) is 2.27. The van der Waals surface area contributed by atoms with Gasteiger partial charge in [0.1, 0.15) is 0 Å². The summed E-state index contributed by atoms with van der Waals surface area (Å²) in [5.41, 5.74) is 2.27. The molecular formula is C12H16N4S. The molecule has 0 aliphatic heterocycles. The van der Waals surface area contributed by atoms with Crippen molar-refractivity contribution in [3.63, 3.8) is 0 Å². The van der Waals surface area contributed by atoms with Crippen LogP contribution in [0.25, 0.3) is 11.4 Å². The Kier molecular flexibility index (Phi) is 3.38. The normalized spacial score (nSPS) is 10.6. The summed E-state index contributed by atoms with van der Waals surface area (Å²) in [5.74, 6) is 0.902. The molecule has 1 heterocycles. The molecule has 0 saturated carbocycles. The van der Waals surface area contributed by atoms with Gasteiger partial charge in [-0.1, -0.05) is 11.8 Å². The molecular weight excluding hydrogens is 232 g/mol. The summed E-state index contributed by atoms with van der Waals surface area (Å²) in [6.07, 6.45) is 2.00. The van der Waals surface area contributed by atoms with Gasteiger partial charge in [0.15, 0.2) is 11.0 Å². The van der Waals surface area contributed by atoms with Crippen LogP contribution in [0.4, 0.5) is 5.69 Å². The van der Waals surface area contributed by atoms with Crippen molar-refractivity contribution in [1.29, 1.82) is 0 Å². The molecule has 0 amide bonds. The Balaban J connectivity index is 2.36. The average molecular weight is 248 g/mol. The van der Waals surface area contributed by atoms with Crippen molar-refractivity contribution < 1.29 is 0 Å². The number of thioether (sulfide) groups is 1. The SMILES string of the molecule is CSc1nnc(-c2ccc(N(C)C)cc2)n1C. The number of rotatable bonds is 3. The quantitative estimate of drug-likeness (QED) is 0.780. The highest BCUT2D eigenvalue weighted by atomic mass is 32.2. The zero-order valence-electron chi connectivity index (χ0n) is 10.5. The lowest BCUT2D eigenvalue weighted by Gasteiger charge is -2.12. The molecule has 2 rings (SSSR count). The second kappa shape index (κ2) is 4.79. The van der Waals surface area contributed by atoms with Crippen LogP contribution in [0.3, 0.4) is 0 Å². The van der Waals surface area contributed by atoms with Gasteiger partial charge in [-0.2, -0.15) is 0 Å². The number of hydrogen-bond donors (Lipinski definition) is 0. The zero-order valence-corrected chi connectivity index (χ0v) is 11.3. The van der Waals surface area contributed by atoms with E-state index in [2.05, 4.69) is 39.4 Å². The lowest BCUT2D eigenvalue weighted by Crippen LogP contribution is -2.08. The summed E-state index contributed by atoms with van der Waals surface area (Å²) in [7, 11) is 6.05. The number of benzene rings is 1. The Morgan fingerprint density at radius 2 is 1.76 bits per heavy atom. The van der Waals surface area contributed by atoms with E-state index in [1.54, 1.807) is 11.8 Å². The molecule has 1 aromatic heterocycles. The van der Waals surface area contributed by atoms with E-state index in [1.165, 1.54) is 5.69 Å². The van der Waals surface area contributed by atoms with E-state index >= 15 is 0 Å². The Hall–Kier alpha value is -1.49. The highest BCUT2D eigenvalue weighted by Crippen LogP contribution is 2.23. The van der Waals surface area contributed by atoms with Crippen LogP contribution in [0, 0.1) is 0 Å². The highest BCUT2D eigenvalue weighted by molar-refractivity contribution is 7.98. The maximum absolute atomic E-state index is 4.21. The summed E-state index contributed by atoms with van der Waals surface area (Å²) in [5, 5.41) is 9.27. The topological polar surface area (TPSA) is 34.0 Å². The molecule has 0 saturated heterocycles. The van der Waals surface area contributed by atoms with Crippen molar-refractivity contribution in [2.75, 3.05) is 25.3 Å². The first kappa shape index (κ1) is 12.0. The predicted molar refractivity (Wildman–Crippen MR) is 72.5 cm³/mol. The lowest BCUT2D eigenvalue weighted by molar-refractivity contribution is 0.795. The van der Waals surface area contributed by atoms with Crippen LogP contribution in [0.5, 0.6) is 0 Å². The zero-order chi connectivity index (χ0) is 12.4. The van der Waals surface area contributed by atoms with Crippen LogP contribution < -0.4 is 4.90 Å². The number of anilines is 1. The van der Waals surface area contributed by atoms with Gasteiger partial charge in [-0.3, -0.25) is 0 Å². The maximum atomic E-state index is 4.21. The van der Waals surface area contributed by atoms with E-state index in [9.17, 15) is 0 Å². The first-order valence-electron chi connectivity index (χ1n) is 5.34. The smallest absolute Gasteiger partial charge is 0.190 e. The monoisotopic (exact) mass is 248 g/mol. The molecule has 0 fully saturated rings. The summed E-state index contributed by atoms with van der Waals surface area (Å²) >= 11 is 1.60. The third kappa shape index (κ3) is 2.29. The van der Waals surface area contributed by atoms with Crippen LogP contribution in [-0.2, 0) is 7.05 Å². The van der Waals surface area contributed by atoms with Crippen molar-refractivity contribution in [2.45, 2.75) is 5.16 Å². The number of aromatic nitrogens is 3. The molecule has 17 heavy (non-hydrogen) atoms. The van der Waals surface area contributed by atoms with Gasteiger partial charge in [-0.15, -0.1) is 10.2 Å². The van der Waals surface area contributed by atoms with E-state index in [4.69, 9.17) is 0 Å². The third-order valence-electron chi connectivity index (χ3n) is 2.66. The van der Waals surface area contributed by atoms with Gasteiger partial charge >= 0.3 is 0 Å². The molecule has 0 N–H and O–H groups in total. The molecule has 0 bridgehead atoms. The van der Waals surface area contributed by atoms with Crippen molar-refractivity contribution in [3.05, 3.63) is 24.3 Å². The van der Waals surface area contributed by atoms with Crippen molar-refractivity contribution in [3.8, 4) is 11.4 Å². The minimum absolute atomic E-state index is 0.902. The Labute approximate surface area is 106 Å². The van der Waals surface area contributed by atoms with E-state index in [0.29, 0.717) is 0 Å². The van der Waals surface area contributed by atoms with E-state index in [-0.39, 0.29) is 0 Å². The molecule has 4 nitrogen and oxygen atoms in total. The Bertz CT molecular complexity index is 502. The molecule has 0 aliphatic rings. The fraction of sp³-hybridized carbons (Fsp3) is 0.333. The third-order valence-corrected chi connectivity index (χ3v) is 3.38. The van der Waals surface area contributed by atoms with Crippen LogP contribution in [0.1, 0.15) is 0 Å². The molecule has 0 spiro atoms. The van der Waals surface area contributed by atoms with E-state index < -0.39 is 0 Å². The van der Waals surface area contributed by atoms with Gasteiger partial charge in [0.2, 0.25) is 0 Å². The van der Waals surface area contributed by atoms with Crippen LogP contribution in [-0.4, -0.2) is 35.1 Å². The lowest BCUT2D eigenvalue weighted by atomic mass is 10.2. The fourth-order valence-corrected chi connectivity index (χ4v) is 2.14. The van der Waals surface area contributed by atoms with Gasteiger partial charge in [0, 0.05) is 32.4 Å². The standard InChI is InChI=1S/C12H16N4S/c1-15(2)10-7-5-9(6-8-10)11-13-14-12(17-4)16(11)3/h5-8H,1-4H3. The second-order valence-corrected chi connectivity index (χ2v) is 4.78. The van der Waals surface area contributed by atoms with Gasteiger partial charge < -0.3 is 9.47 Å². The summed E-state index contributed by atoms with van der Waals surface area (Å²) in [4.78, 5) is 2.08. The number of nitrogens with zero attached hydrogens (tertiary/aromatic N) is 4. The molecule has 0 unspecified atom stereocenters. The fourth-order valence-electron chi connectivity index (χ4n) is 1.65. The van der Waals surface area contributed by atoms with Crippen molar-refractivity contribution in [1.82, 2.24) is 14.8 Å². The molecule has 0 radical (unpaired) electrons. The Morgan fingerprint density at radius 1 is 1.12 bits per heavy atom. The largest absolute Gasteiger partial charge is 0.378 e. The van der Waals surface area contributed by atoms with Crippen LogP contribution >= 0.6 is 11.8 Å². The molecule has 90 valence electrons. The molecule has 1 aromatic carbocycles. The van der Waals surface area contributed by atoms with Crippen molar-refractivity contribution >= 4 is 17.4 Å².